The zero-order valence-electron chi connectivity index (χ0n) is 11.9. The second-order valence-electron chi connectivity index (χ2n) is 4.90. The van der Waals surface area contributed by atoms with Gasteiger partial charge in [-0.2, -0.15) is 0 Å². The van der Waals surface area contributed by atoms with Crippen LogP contribution in [-0.2, 0) is 14.4 Å². The highest BCUT2D eigenvalue weighted by atomic mass is 16.4. The SMILES string of the molecule is CCCC(CCN)CCC(=O)N[C@@H](CC(N)=O)C(=O)O. The van der Waals surface area contributed by atoms with Gasteiger partial charge in [-0.05, 0) is 25.3 Å². The molecule has 6 N–H and O–H groups in total. The Hall–Kier alpha value is -1.63. The Morgan fingerprint density at radius 1 is 1.20 bits per heavy atom. The summed E-state index contributed by atoms with van der Waals surface area (Å²) in [7, 11) is 0. The molecule has 0 aromatic rings. The predicted octanol–water partition coefficient (Wildman–Crippen LogP) is -0.0235. The molecule has 7 nitrogen and oxygen atoms in total. The van der Waals surface area contributed by atoms with Crippen LogP contribution in [-0.4, -0.2) is 35.5 Å². The molecular formula is C13H25N3O4. The van der Waals surface area contributed by atoms with Crippen LogP contribution in [0.15, 0.2) is 0 Å². The largest absolute Gasteiger partial charge is 0.480 e. The topological polar surface area (TPSA) is 136 Å². The normalized spacial score (nSPS) is 13.5. The van der Waals surface area contributed by atoms with Gasteiger partial charge < -0.3 is 21.9 Å². The van der Waals surface area contributed by atoms with Gasteiger partial charge in [-0.25, -0.2) is 4.79 Å². The number of nitrogens with one attached hydrogen (secondary N) is 1. The van der Waals surface area contributed by atoms with E-state index < -0.39 is 24.3 Å². The molecule has 0 bridgehead atoms. The van der Waals surface area contributed by atoms with E-state index in [0.29, 0.717) is 18.9 Å². The average molecular weight is 287 g/mol. The summed E-state index contributed by atoms with van der Waals surface area (Å²) >= 11 is 0. The molecule has 1 unspecified atom stereocenters. The Morgan fingerprint density at radius 2 is 1.85 bits per heavy atom. The van der Waals surface area contributed by atoms with E-state index in [1.807, 2.05) is 0 Å². The summed E-state index contributed by atoms with van der Waals surface area (Å²) in [6.45, 7) is 2.64. The Labute approximate surface area is 119 Å². The van der Waals surface area contributed by atoms with Crippen molar-refractivity contribution in [2.24, 2.45) is 17.4 Å². The van der Waals surface area contributed by atoms with Gasteiger partial charge in [0, 0.05) is 6.42 Å². The molecule has 0 radical (unpaired) electrons. The Morgan fingerprint density at radius 3 is 2.30 bits per heavy atom. The van der Waals surface area contributed by atoms with E-state index in [0.717, 1.165) is 19.3 Å². The number of aliphatic carboxylic acids is 1. The van der Waals surface area contributed by atoms with Crippen LogP contribution < -0.4 is 16.8 Å². The third-order valence-electron chi connectivity index (χ3n) is 3.09. The molecule has 116 valence electrons. The molecule has 0 aliphatic heterocycles. The van der Waals surface area contributed by atoms with Crippen molar-refractivity contribution in [1.82, 2.24) is 5.32 Å². The second-order valence-corrected chi connectivity index (χ2v) is 4.90. The average Bonchev–Trinajstić information content (AvgIpc) is 2.35. The quantitative estimate of drug-likeness (QED) is 0.423. The third kappa shape index (κ3) is 8.47. The van der Waals surface area contributed by atoms with Crippen molar-refractivity contribution in [2.45, 2.75) is 51.5 Å². The van der Waals surface area contributed by atoms with Gasteiger partial charge in [-0.15, -0.1) is 0 Å². The van der Waals surface area contributed by atoms with Gasteiger partial charge in [0.15, 0.2) is 0 Å². The lowest BCUT2D eigenvalue weighted by atomic mass is 9.94. The number of amides is 2. The Kier molecular flexibility index (Phi) is 9.36. The molecule has 0 aromatic carbocycles. The van der Waals surface area contributed by atoms with E-state index in [2.05, 4.69) is 12.2 Å². The van der Waals surface area contributed by atoms with E-state index in [-0.39, 0.29) is 12.3 Å². The summed E-state index contributed by atoms with van der Waals surface area (Å²) in [4.78, 5) is 33.3. The van der Waals surface area contributed by atoms with Gasteiger partial charge in [-0.1, -0.05) is 19.8 Å². The lowest BCUT2D eigenvalue weighted by Crippen LogP contribution is -2.43. The van der Waals surface area contributed by atoms with Crippen molar-refractivity contribution >= 4 is 17.8 Å². The lowest BCUT2D eigenvalue weighted by Gasteiger charge is -2.16. The van der Waals surface area contributed by atoms with E-state index in [9.17, 15) is 14.4 Å². The minimum atomic E-state index is -1.26. The minimum Gasteiger partial charge on any atom is -0.480 e. The minimum absolute atomic E-state index is 0.229. The van der Waals surface area contributed by atoms with Gasteiger partial charge in [0.25, 0.3) is 0 Å². The van der Waals surface area contributed by atoms with Crippen molar-refractivity contribution in [3.8, 4) is 0 Å². The fourth-order valence-corrected chi connectivity index (χ4v) is 2.08. The van der Waals surface area contributed by atoms with Crippen LogP contribution in [0.4, 0.5) is 0 Å². The lowest BCUT2D eigenvalue weighted by molar-refractivity contribution is -0.143. The van der Waals surface area contributed by atoms with Crippen molar-refractivity contribution in [1.29, 1.82) is 0 Å². The van der Waals surface area contributed by atoms with Gasteiger partial charge in [0.05, 0.1) is 6.42 Å². The molecular weight excluding hydrogens is 262 g/mol. The van der Waals surface area contributed by atoms with Crippen molar-refractivity contribution in [3.63, 3.8) is 0 Å². The van der Waals surface area contributed by atoms with Gasteiger partial charge in [-0.3, -0.25) is 9.59 Å². The zero-order chi connectivity index (χ0) is 15.5. The van der Waals surface area contributed by atoms with Crippen LogP contribution in [0.2, 0.25) is 0 Å². The molecule has 0 aromatic heterocycles. The summed E-state index contributed by atoms with van der Waals surface area (Å²) in [5, 5.41) is 11.2. The van der Waals surface area contributed by atoms with Crippen LogP contribution in [0.25, 0.3) is 0 Å². The fraction of sp³-hybridized carbons (Fsp3) is 0.769. The molecule has 0 saturated heterocycles. The van der Waals surface area contributed by atoms with Crippen molar-refractivity contribution in [3.05, 3.63) is 0 Å². The summed E-state index contributed by atoms with van der Waals surface area (Å²) in [5.41, 5.74) is 10.5. The molecule has 0 rings (SSSR count). The molecule has 20 heavy (non-hydrogen) atoms. The molecule has 0 aliphatic carbocycles. The number of carboxylic acids is 1. The highest BCUT2D eigenvalue weighted by molar-refractivity contribution is 5.88. The van der Waals surface area contributed by atoms with Crippen molar-refractivity contribution in [2.75, 3.05) is 6.54 Å². The Balaban J connectivity index is 4.23. The predicted molar refractivity (Wildman–Crippen MR) is 74.7 cm³/mol. The number of carbonyl (C=O) groups is 3. The van der Waals surface area contributed by atoms with E-state index in [4.69, 9.17) is 16.6 Å². The number of rotatable bonds is 11. The zero-order valence-corrected chi connectivity index (χ0v) is 11.9. The fourth-order valence-electron chi connectivity index (χ4n) is 2.08. The van der Waals surface area contributed by atoms with Crippen molar-refractivity contribution < 1.29 is 19.5 Å². The first-order valence-corrected chi connectivity index (χ1v) is 6.91. The van der Waals surface area contributed by atoms with Gasteiger partial charge in [0.1, 0.15) is 6.04 Å². The highest BCUT2D eigenvalue weighted by Gasteiger charge is 2.22. The first-order chi connectivity index (χ1) is 9.40. The smallest absolute Gasteiger partial charge is 0.326 e. The maximum atomic E-state index is 11.7. The summed E-state index contributed by atoms with van der Waals surface area (Å²) in [5.74, 6) is -2.03. The molecule has 7 heteroatoms. The molecule has 0 saturated carbocycles. The summed E-state index contributed by atoms with van der Waals surface area (Å²) < 4.78 is 0. The van der Waals surface area contributed by atoms with Crippen LogP contribution >= 0.6 is 0 Å². The van der Waals surface area contributed by atoms with Crippen LogP contribution in [0.1, 0.15) is 45.4 Å². The highest BCUT2D eigenvalue weighted by Crippen LogP contribution is 2.16. The first-order valence-electron chi connectivity index (χ1n) is 6.91. The second kappa shape index (κ2) is 10.2. The number of carboxylic acid groups (broad SMARTS) is 1. The number of carbonyl (C=O) groups excluding carboxylic acids is 2. The third-order valence-corrected chi connectivity index (χ3v) is 3.09. The number of hydrogen-bond donors (Lipinski definition) is 4. The maximum Gasteiger partial charge on any atom is 0.326 e. The van der Waals surface area contributed by atoms with E-state index in [1.54, 1.807) is 0 Å². The van der Waals surface area contributed by atoms with E-state index >= 15 is 0 Å². The molecule has 0 heterocycles. The molecule has 0 spiro atoms. The van der Waals surface area contributed by atoms with Crippen LogP contribution in [0, 0.1) is 5.92 Å². The first kappa shape index (κ1) is 18.4. The van der Waals surface area contributed by atoms with Gasteiger partial charge >= 0.3 is 5.97 Å². The Bertz CT molecular complexity index is 328. The maximum absolute atomic E-state index is 11.7. The molecule has 0 fully saturated rings. The number of nitrogens with two attached hydrogens (primary N) is 2. The molecule has 0 aliphatic rings. The summed E-state index contributed by atoms with van der Waals surface area (Å²) in [6.07, 6.45) is 3.36. The molecule has 2 atom stereocenters. The van der Waals surface area contributed by atoms with Gasteiger partial charge in [0.2, 0.25) is 11.8 Å². The number of primary amides is 1. The number of hydrogen-bond acceptors (Lipinski definition) is 4. The summed E-state index contributed by atoms with van der Waals surface area (Å²) in [6, 6.07) is -1.25. The van der Waals surface area contributed by atoms with E-state index in [1.165, 1.54) is 0 Å². The monoisotopic (exact) mass is 287 g/mol. The molecule has 2 amide bonds. The standard InChI is InChI=1S/C13H25N3O4/c1-2-3-9(6-7-14)4-5-12(18)16-10(13(19)20)8-11(15)17/h9-10H,2-8,14H2,1H3,(H2,15,17)(H,16,18)(H,19,20)/t9?,10-/m0/s1. The van der Waals surface area contributed by atoms with Crippen LogP contribution in [0.3, 0.4) is 0 Å². The van der Waals surface area contributed by atoms with Crippen LogP contribution in [0.5, 0.6) is 0 Å².